The van der Waals surface area contributed by atoms with Crippen LogP contribution in [0.25, 0.3) is 0 Å². The van der Waals surface area contributed by atoms with Crippen LogP contribution < -0.4 is 4.74 Å². The summed E-state index contributed by atoms with van der Waals surface area (Å²) in [5.74, 6) is -0.127. The number of aromatic hydroxyl groups is 1. The van der Waals surface area contributed by atoms with Gasteiger partial charge in [0.2, 0.25) is 0 Å². The molecule has 0 saturated heterocycles. The van der Waals surface area contributed by atoms with E-state index in [0.29, 0.717) is 5.02 Å². The van der Waals surface area contributed by atoms with Crippen LogP contribution in [0.2, 0.25) is 5.02 Å². The van der Waals surface area contributed by atoms with E-state index in [-0.39, 0.29) is 11.5 Å². The first-order chi connectivity index (χ1) is 19.0. The van der Waals surface area contributed by atoms with Crippen LogP contribution in [0, 0.1) is 0 Å². The lowest BCUT2D eigenvalue weighted by Gasteiger charge is -2.21. The van der Waals surface area contributed by atoms with Gasteiger partial charge in [-0.05, 0) is 49.7 Å². The average molecular weight is 567 g/mol. The van der Waals surface area contributed by atoms with E-state index < -0.39 is 6.16 Å². The molecule has 1 rings (SSSR count). The number of rotatable bonds is 25. The summed E-state index contributed by atoms with van der Waals surface area (Å²) in [5, 5.41) is 20.9. The third kappa shape index (κ3) is 15.2. The van der Waals surface area contributed by atoms with Gasteiger partial charge in [0.15, 0.2) is 11.5 Å². The number of carbonyl (C=O) groups is 1. The predicted octanol–water partition coefficient (Wildman–Crippen LogP) is 12.0. The highest BCUT2D eigenvalue weighted by atomic mass is 35.5. The SMILES string of the molecule is CCCCCCCCCc1c(O)c(OC(=O)O)c(Cl)c(CCCCCCCCC)c1CCCCCCCCC. The van der Waals surface area contributed by atoms with Crippen molar-refractivity contribution in [2.45, 2.75) is 175 Å². The van der Waals surface area contributed by atoms with Gasteiger partial charge < -0.3 is 14.9 Å². The monoisotopic (exact) mass is 566 g/mol. The van der Waals surface area contributed by atoms with Gasteiger partial charge in [-0.15, -0.1) is 0 Å². The number of phenols is 1. The Kier molecular flexibility index (Phi) is 21.3. The standard InChI is InChI=1S/C34H59ClO4/c1-4-7-10-13-16-19-22-25-28-29(26-23-20-17-14-11-8-5-2)31(35)33(39-34(37)38)32(36)30(28)27-24-21-18-15-12-9-6-3/h36H,4-27H2,1-3H3,(H,37,38). The molecule has 0 fully saturated rings. The van der Waals surface area contributed by atoms with Crippen LogP contribution >= 0.6 is 11.6 Å². The Morgan fingerprint density at radius 1 is 0.564 bits per heavy atom. The van der Waals surface area contributed by atoms with Crippen molar-refractivity contribution in [3.63, 3.8) is 0 Å². The Morgan fingerprint density at radius 2 is 0.897 bits per heavy atom. The summed E-state index contributed by atoms with van der Waals surface area (Å²) in [5.41, 5.74) is 3.03. The molecule has 0 amide bonds. The minimum Gasteiger partial charge on any atom is -0.504 e. The molecule has 0 bridgehead atoms. The maximum absolute atomic E-state index is 11.5. The van der Waals surface area contributed by atoms with E-state index in [1.807, 2.05) is 0 Å². The molecule has 1 aromatic rings. The van der Waals surface area contributed by atoms with Gasteiger partial charge >= 0.3 is 6.16 Å². The Bertz CT molecular complexity index is 732. The summed E-state index contributed by atoms with van der Waals surface area (Å²) in [6.45, 7) is 6.71. The van der Waals surface area contributed by atoms with E-state index >= 15 is 0 Å². The summed E-state index contributed by atoms with van der Waals surface area (Å²) in [6, 6.07) is 0. The number of phenolic OH excluding ortho intramolecular Hbond substituents is 1. The number of halogens is 1. The number of carboxylic acid groups (broad SMARTS) is 1. The molecule has 226 valence electrons. The molecule has 2 N–H and O–H groups in total. The van der Waals surface area contributed by atoms with Crippen molar-refractivity contribution in [1.29, 1.82) is 0 Å². The summed E-state index contributed by atoms with van der Waals surface area (Å²) < 4.78 is 5.07. The fourth-order valence-corrected chi connectivity index (χ4v) is 5.96. The van der Waals surface area contributed by atoms with Gasteiger partial charge in [0.1, 0.15) is 0 Å². The minimum absolute atomic E-state index is 0.0605. The fourth-order valence-electron chi connectivity index (χ4n) is 5.62. The first kappa shape index (κ1) is 35.6. The molecule has 0 unspecified atom stereocenters. The van der Waals surface area contributed by atoms with Crippen molar-refractivity contribution in [1.82, 2.24) is 0 Å². The predicted molar refractivity (Wildman–Crippen MR) is 167 cm³/mol. The highest BCUT2D eigenvalue weighted by Crippen LogP contribution is 2.45. The summed E-state index contributed by atoms with van der Waals surface area (Å²) >= 11 is 6.80. The van der Waals surface area contributed by atoms with Gasteiger partial charge in [0, 0.05) is 5.56 Å². The van der Waals surface area contributed by atoms with E-state index in [2.05, 4.69) is 20.8 Å². The van der Waals surface area contributed by atoms with Crippen molar-refractivity contribution >= 4 is 17.8 Å². The highest BCUT2D eigenvalue weighted by Gasteiger charge is 2.25. The van der Waals surface area contributed by atoms with Crippen molar-refractivity contribution in [3.8, 4) is 11.5 Å². The number of hydrogen-bond acceptors (Lipinski definition) is 3. The molecular weight excluding hydrogens is 508 g/mol. The van der Waals surface area contributed by atoms with Crippen LogP contribution in [0.3, 0.4) is 0 Å². The number of unbranched alkanes of at least 4 members (excludes halogenated alkanes) is 18. The maximum Gasteiger partial charge on any atom is 0.511 e. The van der Waals surface area contributed by atoms with Crippen LogP contribution in [0.1, 0.15) is 172 Å². The second kappa shape index (κ2) is 23.3. The average Bonchev–Trinajstić information content (AvgIpc) is 2.91. The molecule has 0 saturated carbocycles. The van der Waals surface area contributed by atoms with Gasteiger partial charge in [-0.3, -0.25) is 0 Å². The molecule has 0 radical (unpaired) electrons. The molecule has 5 heteroatoms. The van der Waals surface area contributed by atoms with E-state index in [4.69, 9.17) is 16.3 Å². The lowest BCUT2D eigenvalue weighted by Crippen LogP contribution is -2.10. The molecule has 1 aromatic carbocycles. The van der Waals surface area contributed by atoms with Crippen molar-refractivity contribution < 1.29 is 19.7 Å². The molecule has 0 aromatic heterocycles. The van der Waals surface area contributed by atoms with Crippen LogP contribution in [0.15, 0.2) is 0 Å². The second-order valence-electron chi connectivity index (χ2n) is 11.4. The zero-order valence-electron chi connectivity index (χ0n) is 25.6. The van der Waals surface area contributed by atoms with E-state index in [0.717, 1.165) is 68.1 Å². The van der Waals surface area contributed by atoms with Crippen LogP contribution in [0.5, 0.6) is 11.5 Å². The first-order valence-corrected chi connectivity index (χ1v) is 16.8. The summed E-state index contributed by atoms with van der Waals surface area (Å²) in [7, 11) is 0. The molecular formula is C34H59ClO4. The normalized spacial score (nSPS) is 11.3. The van der Waals surface area contributed by atoms with E-state index in [1.165, 1.54) is 103 Å². The van der Waals surface area contributed by atoms with Gasteiger partial charge in [-0.2, -0.15) is 0 Å². The molecule has 0 heterocycles. The summed E-state index contributed by atoms with van der Waals surface area (Å²) in [4.78, 5) is 11.5. The van der Waals surface area contributed by atoms with Crippen molar-refractivity contribution in [2.24, 2.45) is 0 Å². The molecule has 0 aliphatic heterocycles. The highest BCUT2D eigenvalue weighted by molar-refractivity contribution is 6.33. The molecule has 0 aliphatic rings. The lowest BCUT2D eigenvalue weighted by molar-refractivity contribution is 0.142. The molecule has 0 aliphatic carbocycles. The number of ether oxygens (including phenoxy) is 1. The zero-order chi connectivity index (χ0) is 28.7. The van der Waals surface area contributed by atoms with Crippen LogP contribution in [0.4, 0.5) is 4.79 Å². The third-order valence-electron chi connectivity index (χ3n) is 7.97. The van der Waals surface area contributed by atoms with Crippen LogP contribution in [-0.2, 0) is 19.3 Å². The van der Waals surface area contributed by atoms with Gasteiger partial charge in [0.05, 0.1) is 5.02 Å². The van der Waals surface area contributed by atoms with Gasteiger partial charge in [-0.1, -0.05) is 148 Å². The van der Waals surface area contributed by atoms with Crippen molar-refractivity contribution in [2.75, 3.05) is 0 Å². The Morgan fingerprint density at radius 3 is 1.28 bits per heavy atom. The van der Waals surface area contributed by atoms with Crippen LogP contribution in [-0.4, -0.2) is 16.4 Å². The Hall–Kier alpha value is -1.42. The van der Waals surface area contributed by atoms with E-state index in [9.17, 15) is 15.0 Å². The largest absolute Gasteiger partial charge is 0.511 e. The first-order valence-electron chi connectivity index (χ1n) is 16.4. The topological polar surface area (TPSA) is 66.8 Å². The van der Waals surface area contributed by atoms with Gasteiger partial charge in [0.25, 0.3) is 0 Å². The van der Waals surface area contributed by atoms with E-state index in [1.54, 1.807) is 0 Å². The molecule has 39 heavy (non-hydrogen) atoms. The third-order valence-corrected chi connectivity index (χ3v) is 8.37. The minimum atomic E-state index is -1.43. The maximum atomic E-state index is 11.5. The quantitative estimate of drug-likeness (QED) is 0.0701. The van der Waals surface area contributed by atoms with Gasteiger partial charge in [-0.25, -0.2) is 4.79 Å². The second-order valence-corrected chi connectivity index (χ2v) is 11.8. The molecule has 4 nitrogen and oxygen atoms in total. The molecule has 0 atom stereocenters. The molecule has 0 spiro atoms. The number of benzene rings is 1. The fraction of sp³-hybridized carbons (Fsp3) is 0.794. The lowest BCUT2D eigenvalue weighted by atomic mass is 9.88. The smallest absolute Gasteiger partial charge is 0.504 e. The van der Waals surface area contributed by atoms with Crippen molar-refractivity contribution in [3.05, 3.63) is 21.7 Å². The summed E-state index contributed by atoms with van der Waals surface area (Å²) in [6.07, 6.45) is 26.4. The zero-order valence-corrected chi connectivity index (χ0v) is 26.3. The number of hydrogen-bond donors (Lipinski definition) is 2. The Balaban J connectivity index is 3.06. The Labute approximate surface area is 245 Å².